The van der Waals surface area contributed by atoms with Gasteiger partial charge in [-0.15, -0.1) is 0 Å². The van der Waals surface area contributed by atoms with E-state index >= 15 is 0 Å². The van der Waals surface area contributed by atoms with Crippen molar-refractivity contribution < 1.29 is 39.4 Å². The minimum Gasteiger partial charge on any atom is -0.435 e. The Morgan fingerprint density at radius 1 is 1.00 bits per heavy atom. The maximum Gasteiger partial charge on any atom is 0.508 e. The highest BCUT2D eigenvalue weighted by Crippen LogP contribution is 2.26. The van der Waals surface area contributed by atoms with Crippen molar-refractivity contribution in [1.29, 1.82) is 0 Å². The van der Waals surface area contributed by atoms with E-state index in [4.69, 9.17) is 9.47 Å². The molecule has 0 radical (unpaired) electrons. The van der Waals surface area contributed by atoms with Crippen molar-refractivity contribution in [3.63, 3.8) is 0 Å². The summed E-state index contributed by atoms with van der Waals surface area (Å²) in [6.07, 6.45) is -9.87. The third-order valence-electron chi connectivity index (χ3n) is 2.81. The van der Waals surface area contributed by atoms with Crippen molar-refractivity contribution >= 4 is 6.16 Å². The van der Waals surface area contributed by atoms with Crippen LogP contribution >= 0.6 is 0 Å². The van der Waals surface area contributed by atoms with Crippen LogP contribution in [0.25, 0.3) is 0 Å². The molecule has 6 unspecified atom stereocenters. The number of hydrogen-bond donors (Lipinski definition) is 4. The van der Waals surface area contributed by atoms with Gasteiger partial charge in [0.1, 0.15) is 30.5 Å². The summed E-state index contributed by atoms with van der Waals surface area (Å²) in [5.74, 6) is 0. The first-order valence-corrected chi connectivity index (χ1v) is 5.52. The molecule has 8 heteroatoms. The summed E-state index contributed by atoms with van der Waals surface area (Å²) in [5.41, 5.74) is 0. The van der Waals surface area contributed by atoms with Gasteiger partial charge in [0.2, 0.25) is 0 Å². The van der Waals surface area contributed by atoms with Crippen molar-refractivity contribution in [1.82, 2.24) is 0 Å². The molecule has 0 spiro atoms. The van der Waals surface area contributed by atoms with Gasteiger partial charge in [0.25, 0.3) is 0 Å². The third-order valence-corrected chi connectivity index (χ3v) is 2.81. The number of carbonyl (C=O) groups is 1. The predicted molar refractivity (Wildman–Crippen MR) is 56.7 cm³/mol. The van der Waals surface area contributed by atoms with Crippen molar-refractivity contribution in [2.24, 2.45) is 0 Å². The predicted octanol–water partition coefficient (Wildman–Crippen LogP) is -2.00. The van der Waals surface area contributed by atoms with Crippen LogP contribution in [0.3, 0.4) is 0 Å². The van der Waals surface area contributed by atoms with Crippen LogP contribution in [0.5, 0.6) is 0 Å². The standard InChI is InChI=1S/C10H18O8/c1-3-17-10(15)18-9-7(14)5(12)4(11)6(13)8(9)16-2/h4-9,11-14H,3H2,1-2H3. The van der Waals surface area contributed by atoms with E-state index in [2.05, 4.69) is 4.74 Å². The van der Waals surface area contributed by atoms with E-state index in [9.17, 15) is 25.2 Å². The molecule has 6 atom stereocenters. The molecule has 0 saturated heterocycles. The zero-order valence-corrected chi connectivity index (χ0v) is 10.1. The number of carbonyl (C=O) groups excluding carboxylic acids is 1. The molecule has 0 aliphatic heterocycles. The lowest BCUT2D eigenvalue weighted by molar-refractivity contribution is -0.232. The van der Waals surface area contributed by atoms with E-state index in [-0.39, 0.29) is 6.61 Å². The van der Waals surface area contributed by atoms with E-state index in [1.54, 1.807) is 6.92 Å². The van der Waals surface area contributed by atoms with Crippen LogP contribution in [0.15, 0.2) is 0 Å². The van der Waals surface area contributed by atoms with Crippen LogP contribution < -0.4 is 0 Å². The number of aliphatic hydroxyl groups excluding tert-OH is 4. The first-order valence-electron chi connectivity index (χ1n) is 5.52. The number of methoxy groups -OCH3 is 1. The molecule has 0 bridgehead atoms. The van der Waals surface area contributed by atoms with Crippen LogP contribution in [0.2, 0.25) is 0 Å². The van der Waals surface area contributed by atoms with Gasteiger partial charge in [-0.25, -0.2) is 4.79 Å². The largest absolute Gasteiger partial charge is 0.508 e. The first kappa shape index (κ1) is 15.1. The molecule has 1 saturated carbocycles. The molecule has 1 fully saturated rings. The molecule has 0 heterocycles. The van der Waals surface area contributed by atoms with Gasteiger partial charge >= 0.3 is 6.16 Å². The van der Waals surface area contributed by atoms with Crippen LogP contribution in [0, 0.1) is 0 Å². The average molecular weight is 266 g/mol. The van der Waals surface area contributed by atoms with E-state index in [1.807, 2.05) is 0 Å². The van der Waals surface area contributed by atoms with Gasteiger partial charge in [-0.2, -0.15) is 0 Å². The third kappa shape index (κ3) is 2.90. The fourth-order valence-corrected chi connectivity index (χ4v) is 1.85. The van der Waals surface area contributed by atoms with Crippen molar-refractivity contribution in [2.45, 2.75) is 43.5 Å². The second-order valence-corrected chi connectivity index (χ2v) is 3.93. The number of aliphatic hydroxyl groups is 4. The van der Waals surface area contributed by atoms with Gasteiger partial charge in [0, 0.05) is 7.11 Å². The summed E-state index contributed by atoms with van der Waals surface area (Å²) in [6.45, 7) is 1.65. The Kier molecular flexibility index (Phi) is 5.29. The Hall–Kier alpha value is -0.930. The Morgan fingerprint density at radius 3 is 1.94 bits per heavy atom. The minimum absolute atomic E-state index is 0.0764. The summed E-state index contributed by atoms with van der Waals surface area (Å²) in [4.78, 5) is 11.2. The van der Waals surface area contributed by atoms with Gasteiger partial charge in [-0.1, -0.05) is 0 Å². The van der Waals surface area contributed by atoms with Gasteiger partial charge < -0.3 is 34.6 Å². The molecular weight excluding hydrogens is 248 g/mol. The van der Waals surface area contributed by atoms with Gasteiger partial charge in [0.05, 0.1) is 6.61 Å². The van der Waals surface area contributed by atoms with Crippen LogP contribution in [-0.4, -0.2) is 76.9 Å². The molecule has 8 nitrogen and oxygen atoms in total. The lowest BCUT2D eigenvalue weighted by Crippen LogP contribution is -2.65. The molecule has 0 aromatic rings. The summed E-state index contributed by atoms with van der Waals surface area (Å²) in [6, 6.07) is 0. The minimum atomic E-state index is -1.65. The quantitative estimate of drug-likeness (QED) is 0.432. The first-order chi connectivity index (χ1) is 8.43. The van der Waals surface area contributed by atoms with Crippen molar-refractivity contribution in [3.05, 3.63) is 0 Å². The molecule has 1 aliphatic rings. The fraction of sp³-hybridized carbons (Fsp3) is 0.900. The van der Waals surface area contributed by atoms with Crippen molar-refractivity contribution in [3.8, 4) is 0 Å². The lowest BCUT2D eigenvalue weighted by Gasteiger charge is -2.42. The maximum absolute atomic E-state index is 11.2. The molecule has 1 rings (SSSR count). The van der Waals surface area contributed by atoms with E-state index in [1.165, 1.54) is 7.11 Å². The second kappa shape index (κ2) is 6.30. The molecule has 0 aromatic heterocycles. The molecular formula is C10H18O8. The molecule has 18 heavy (non-hydrogen) atoms. The number of rotatable bonds is 3. The van der Waals surface area contributed by atoms with Gasteiger partial charge in [-0.3, -0.25) is 0 Å². The fourth-order valence-electron chi connectivity index (χ4n) is 1.85. The van der Waals surface area contributed by atoms with Gasteiger partial charge in [0.15, 0.2) is 6.10 Å². The molecule has 1 aliphatic carbocycles. The smallest absolute Gasteiger partial charge is 0.435 e. The average Bonchev–Trinajstić information content (AvgIpc) is 2.34. The summed E-state index contributed by atoms with van der Waals surface area (Å²) < 4.78 is 14.2. The summed E-state index contributed by atoms with van der Waals surface area (Å²) in [5, 5.41) is 38.3. The molecule has 4 N–H and O–H groups in total. The van der Waals surface area contributed by atoms with Crippen molar-refractivity contribution in [2.75, 3.05) is 13.7 Å². The lowest BCUT2D eigenvalue weighted by atomic mass is 9.85. The van der Waals surface area contributed by atoms with Crippen LogP contribution in [0.4, 0.5) is 4.79 Å². The number of hydrogen-bond acceptors (Lipinski definition) is 8. The molecule has 0 amide bonds. The SMILES string of the molecule is CCOC(=O)OC1C(O)C(O)C(O)C(O)C1OC. The normalized spacial score (nSPS) is 40.3. The van der Waals surface area contributed by atoms with E-state index in [0.717, 1.165) is 0 Å². The summed E-state index contributed by atoms with van der Waals surface area (Å²) in [7, 11) is 1.21. The van der Waals surface area contributed by atoms with E-state index in [0.29, 0.717) is 0 Å². The van der Waals surface area contributed by atoms with Gasteiger partial charge in [-0.05, 0) is 6.92 Å². The molecule has 106 valence electrons. The Balaban J connectivity index is 2.81. The Bertz CT molecular complexity index is 283. The Morgan fingerprint density at radius 2 is 1.50 bits per heavy atom. The molecule has 0 aromatic carbocycles. The Labute approximate surface area is 104 Å². The summed E-state index contributed by atoms with van der Waals surface area (Å²) >= 11 is 0. The zero-order valence-electron chi connectivity index (χ0n) is 10.1. The highest BCUT2D eigenvalue weighted by molar-refractivity contribution is 5.60. The van der Waals surface area contributed by atoms with Crippen LogP contribution in [-0.2, 0) is 14.2 Å². The van der Waals surface area contributed by atoms with E-state index < -0.39 is 42.8 Å². The zero-order chi connectivity index (χ0) is 13.9. The maximum atomic E-state index is 11.2. The topological polar surface area (TPSA) is 126 Å². The highest BCUT2D eigenvalue weighted by atomic mass is 16.7. The monoisotopic (exact) mass is 266 g/mol. The van der Waals surface area contributed by atoms with Crippen LogP contribution in [0.1, 0.15) is 6.92 Å². The number of ether oxygens (including phenoxy) is 3. The highest BCUT2D eigenvalue weighted by Gasteiger charge is 2.51. The second-order valence-electron chi connectivity index (χ2n) is 3.93.